The van der Waals surface area contributed by atoms with E-state index < -0.39 is 0 Å². The van der Waals surface area contributed by atoms with Crippen LogP contribution in [0.1, 0.15) is 219 Å². The van der Waals surface area contributed by atoms with Crippen molar-refractivity contribution in [1.82, 2.24) is 9.80 Å². The Bertz CT molecular complexity index is 829. The Labute approximate surface area is 300 Å². The van der Waals surface area contributed by atoms with Crippen LogP contribution in [0.2, 0.25) is 0 Å². The van der Waals surface area contributed by atoms with Crippen molar-refractivity contribution in [1.29, 1.82) is 0 Å². The molecule has 0 bridgehead atoms. The second kappa shape index (κ2) is 18.1. The van der Waals surface area contributed by atoms with Gasteiger partial charge in [-0.3, -0.25) is 9.80 Å². The predicted octanol–water partition coefficient (Wildman–Crippen LogP) is 13.1. The maximum absolute atomic E-state index is 3.51. The number of nitrogens with zero attached hydrogens (tertiary/aromatic N) is 2. The van der Waals surface area contributed by atoms with Crippen LogP contribution in [0.5, 0.6) is 0 Å². The molecule has 2 nitrogen and oxygen atoms in total. The van der Waals surface area contributed by atoms with Gasteiger partial charge in [0.15, 0.2) is 0 Å². The lowest BCUT2D eigenvalue weighted by Gasteiger charge is -2.65. The molecule has 6 atom stereocenters. The smallest absolute Gasteiger partial charge is 0.0291 e. The molecule has 7 aliphatic rings. The van der Waals surface area contributed by atoms with Crippen LogP contribution in [0.15, 0.2) is 0 Å². The summed E-state index contributed by atoms with van der Waals surface area (Å²) in [6.07, 6.45) is 48.7. The molecule has 7 rings (SSSR count). The molecule has 7 saturated carbocycles. The van der Waals surface area contributed by atoms with Crippen molar-refractivity contribution in [2.24, 2.45) is 35.5 Å². The van der Waals surface area contributed by atoms with E-state index in [2.05, 4.69) is 23.6 Å². The normalized spacial score (nSPS) is 40.5. The number of rotatable bonds is 12. The van der Waals surface area contributed by atoms with Crippen LogP contribution in [0.3, 0.4) is 0 Å². The molecule has 48 heavy (non-hydrogen) atoms. The monoisotopic (exact) mass is 663 g/mol. The Morgan fingerprint density at radius 2 is 0.646 bits per heavy atom. The van der Waals surface area contributed by atoms with Crippen LogP contribution in [-0.4, -0.2) is 46.1 Å². The first kappa shape index (κ1) is 36.3. The van der Waals surface area contributed by atoms with Gasteiger partial charge in [0.1, 0.15) is 0 Å². The van der Waals surface area contributed by atoms with E-state index in [-0.39, 0.29) is 0 Å². The minimum Gasteiger partial charge on any atom is -0.293 e. The van der Waals surface area contributed by atoms with Crippen LogP contribution in [-0.2, 0) is 0 Å². The van der Waals surface area contributed by atoms with E-state index in [0.717, 1.165) is 71.8 Å². The summed E-state index contributed by atoms with van der Waals surface area (Å²) >= 11 is 0. The fourth-order valence-corrected chi connectivity index (χ4v) is 14.4. The Morgan fingerprint density at radius 1 is 0.333 bits per heavy atom. The van der Waals surface area contributed by atoms with Crippen LogP contribution in [0.4, 0.5) is 0 Å². The first-order chi connectivity index (χ1) is 23.8. The molecule has 276 valence electrons. The molecule has 0 aromatic heterocycles. The van der Waals surface area contributed by atoms with Gasteiger partial charge in [-0.25, -0.2) is 0 Å². The summed E-state index contributed by atoms with van der Waals surface area (Å²) in [6.45, 7) is 4.82. The van der Waals surface area contributed by atoms with Crippen LogP contribution >= 0.6 is 0 Å². The molecule has 7 fully saturated rings. The zero-order valence-corrected chi connectivity index (χ0v) is 32.5. The third-order valence-electron chi connectivity index (χ3n) is 16.6. The molecule has 0 aliphatic heterocycles. The molecule has 0 heterocycles. The third-order valence-corrected chi connectivity index (χ3v) is 16.6. The summed E-state index contributed by atoms with van der Waals surface area (Å²) in [5, 5.41) is 0. The highest BCUT2D eigenvalue weighted by atomic mass is 15.3. The van der Waals surface area contributed by atoms with E-state index in [9.17, 15) is 0 Å². The van der Waals surface area contributed by atoms with E-state index >= 15 is 0 Å². The molecule has 7 aliphatic carbocycles. The minimum atomic E-state index is 0.870. The average Bonchev–Trinajstić information content (AvgIpc) is 3.16. The van der Waals surface area contributed by atoms with Crippen molar-refractivity contribution in [2.75, 3.05) is 0 Å². The maximum Gasteiger partial charge on any atom is 0.0291 e. The van der Waals surface area contributed by atoms with Crippen molar-refractivity contribution >= 4 is 0 Å². The maximum atomic E-state index is 3.51. The second-order valence-electron chi connectivity index (χ2n) is 19.3. The highest BCUT2D eigenvalue weighted by molar-refractivity contribution is 5.11. The summed E-state index contributed by atoms with van der Waals surface area (Å²) in [5.41, 5.74) is 0. The van der Waals surface area contributed by atoms with E-state index in [1.807, 2.05) is 0 Å². The molecule has 0 saturated heterocycles. The van der Waals surface area contributed by atoms with Crippen LogP contribution in [0.25, 0.3) is 0 Å². The number of hydrogen-bond donors (Lipinski definition) is 0. The molecule has 0 aromatic carbocycles. The Morgan fingerprint density at radius 3 is 1.00 bits per heavy atom. The summed E-state index contributed by atoms with van der Waals surface area (Å²) in [6, 6.07) is 5.30. The van der Waals surface area contributed by atoms with E-state index in [0.29, 0.717) is 0 Å². The van der Waals surface area contributed by atoms with Gasteiger partial charge >= 0.3 is 0 Å². The van der Waals surface area contributed by atoms with Gasteiger partial charge in [-0.05, 0) is 138 Å². The van der Waals surface area contributed by atoms with E-state index in [4.69, 9.17) is 0 Å². The van der Waals surface area contributed by atoms with Gasteiger partial charge in [-0.2, -0.15) is 0 Å². The van der Waals surface area contributed by atoms with Gasteiger partial charge < -0.3 is 0 Å². The van der Waals surface area contributed by atoms with Gasteiger partial charge in [-0.1, -0.05) is 117 Å². The summed E-state index contributed by atoms with van der Waals surface area (Å²) < 4.78 is 0. The van der Waals surface area contributed by atoms with Gasteiger partial charge in [0.05, 0.1) is 0 Å². The van der Waals surface area contributed by atoms with E-state index in [1.54, 1.807) is 64.2 Å². The zero-order chi connectivity index (χ0) is 32.7. The first-order valence-corrected chi connectivity index (χ1v) is 23.3. The van der Waals surface area contributed by atoms with Gasteiger partial charge in [0.25, 0.3) is 0 Å². The molecule has 0 aromatic rings. The fourth-order valence-electron chi connectivity index (χ4n) is 14.4. The SMILES string of the molecule is CCCCC1CCC(N(C2CCCCC2)C2C3CCCCC3C3CCCCC3C2N(C2CCCCC2)C2CCC(CCCC)CC2)CC1. The number of hydrogen-bond acceptors (Lipinski definition) is 2. The molecular formula is C46H82N2. The molecule has 0 amide bonds. The lowest BCUT2D eigenvalue weighted by atomic mass is 9.53. The number of unbranched alkanes of at least 4 members (excludes halogenated alkanes) is 2. The predicted molar refractivity (Wildman–Crippen MR) is 206 cm³/mol. The average molecular weight is 663 g/mol. The first-order valence-electron chi connectivity index (χ1n) is 23.3. The molecular weight excluding hydrogens is 581 g/mol. The van der Waals surface area contributed by atoms with Gasteiger partial charge in [-0.15, -0.1) is 0 Å². The molecule has 0 spiro atoms. The van der Waals surface area contributed by atoms with Crippen molar-refractivity contribution in [3.05, 3.63) is 0 Å². The quantitative estimate of drug-likeness (QED) is 0.205. The third kappa shape index (κ3) is 8.26. The van der Waals surface area contributed by atoms with Crippen molar-refractivity contribution in [3.8, 4) is 0 Å². The standard InChI is InChI=1S/C46H82N2/c1-3-5-17-35-27-31-39(32-28-35)47(37-19-9-7-10-20-37)45-43-25-15-13-23-41(43)42-24-14-16-26-44(42)46(45)48(38-21-11-8-12-22-38)40-33-29-36(30-34-40)18-6-4-2/h35-46H,3-34H2,1-2H3. The highest BCUT2D eigenvalue weighted by Gasteiger charge is 2.57. The van der Waals surface area contributed by atoms with E-state index in [1.165, 1.54) is 141 Å². The Balaban J connectivity index is 1.26. The van der Waals surface area contributed by atoms with Gasteiger partial charge in [0, 0.05) is 36.3 Å². The fraction of sp³-hybridized carbons (Fsp3) is 1.00. The summed E-state index contributed by atoms with van der Waals surface area (Å²) in [5.74, 6) is 6.15. The summed E-state index contributed by atoms with van der Waals surface area (Å²) in [7, 11) is 0. The van der Waals surface area contributed by atoms with Gasteiger partial charge in [0.2, 0.25) is 0 Å². The largest absolute Gasteiger partial charge is 0.293 e. The van der Waals surface area contributed by atoms with Crippen molar-refractivity contribution in [3.63, 3.8) is 0 Å². The number of fused-ring (bicyclic) bond motifs is 3. The topological polar surface area (TPSA) is 6.48 Å². The lowest BCUT2D eigenvalue weighted by Crippen LogP contribution is -2.71. The summed E-state index contributed by atoms with van der Waals surface area (Å²) in [4.78, 5) is 7.02. The zero-order valence-electron chi connectivity index (χ0n) is 32.5. The highest BCUT2D eigenvalue weighted by Crippen LogP contribution is 2.57. The minimum absolute atomic E-state index is 0.870. The second-order valence-corrected chi connectivity index (χ2v) is 19.3. The lowest BCUT2D eigenvalue weighted by molar-refractivity contribution is -0.152. The van der Waals surface area contributed by atoms with Crippen molar-refractivity contribution in [2.45, 2.75) is 256 Å². The Kier molecular flexibility index (Phi) is 13.7. The molecule has 0 radical (unpaired) electrons. The molecule has 2 heteroatoms. The van der Waals surface area contributed by atoms with Crippen LogP contribution < -0.4 is 0 Å². The molecule has 0 N–H and O–H groups in total. The van der Waals surface area contributed by atoms with Crippen LogP contribution in [0, 0.1) is 35.5 Å². The van der Waals surface area contributed by atoms with Crippen molar-refractivity contribution < 1.29 is 0 Å². The Hall–Kier alpha value is -0.0800. The molecule has 6 unspecified atom stereocenters.